The van der Waals surface area contributed by atoms with Crippen molar-refractivity contribution >= 4 is 71.2 Å². The predicted octanol–water partition coefficient (Wildman–Crippen LogP) is 14.1. The molecule has 0 saturated carbocycles. The Morgan fingerprint density at radius 2 is 0.983 bits per heavy atom. The first-order valence-electron chi connectivity index (χ1n) is 19.6. The molecule has 6 nitrogen and oxygen atoms in total. The van der Waals surface area contributed by atoms with E-state index in [4.69, 9.17) is 21.0 Å². The van der Waals surface area contributed by atoms with Crippen molar-refractivity contribution in [3.63, 3.8) is 0 Å². The molecular formula is C53H31N5O. The zero-order valence-electron chi connectivity index (χ0n) is 31.5. The highest BCUT2D eigenvalue weighted by molar-refractivity contribution is 6.24. The van der Waals surface area contributed by atoms with Gasteiger partial charge in [-0.3, -0.25) is 0 Å². The van der Waals surface area contributed by atoms with E-state index in [0.29, 0.717) is 22.9 Å². The Morgan fingerprint density at radius 1 is 0.441 bits per heavy atom. The molecule has 12 aromatic rings. The molecule has 6 heteroatoms. The number of rotatable bonds is 5. The molecule has 0 bridgehead atoms. The van der Waals surface area contributed by atoms with Gasteiger partial charge < -0.3 is 13.6 Å². The van der Waals surface area contributed by atoms with Gasteiger partial charge in [0.1, 0.15) is 11.2 Å². The molecule has 0 saturated heterocycles. The first-order valence-corrected chi connectivity index (χ1v) is 19.6. The smallest absolute Gasteiger partial charge is 0.238 e. The molecule has 0 radical (unpaired) electrons. The standard InChI is InChI=1S/C53H31N5O/c1-54-50-48(33-16-5-2-6-17-33)55-53(56-49(50)34-18-7-3-8-19-34)41-24-15-27-46-47(41)42-32-36(28-31-45(42)59-46)58-44-26-14-12-23-38(44)40-30-29-39-37-22-11-13-25-43(37)57(51(39)52(40)58)35-20-9-4-10-21-35/h2-32H. The van der Waals surface area contributed by atoms with Crippen molar-refractivity contribution in [1.29, 1.82) is 0 Å². The molecule has 0 unspecified atom stereocenters. The van der Waals surface area contributed by atoms with Crippen molar-refractivity contribution in [1.82, 2.24) is 19.1 Å². The molecule has 4 heterocycles. The first-order chi connectivity index (χ1) is 29.2. The summed E-state index contributed by atoms with van der Waals surface area (Å²) in [6.45, 7) is 8.29. The lowest BCUT2D eigenvalue weighted by Crippen LogP contribution is -1.98. The first kappa shape index (κ1) is 32.9. The van der Waals surface area contributed by atoms with Crippen molar-refractivity contribution in [3.8, 4) is 45.3 Å². The quantitative estimate of drug-likeness (QED) is 0.164. The molecule has 59 heavy (non-hydrogen) atoms. The third kappa shape index (κ3) is 4.92. The molecule has 0 atom stereocenters. The fraction of sp³-hybridized carbons (Fsp3) is 0. The highest BCUT2D eigenvalue weighted by atomic mass is 16.3. The molecule has 0 amide bonds. The van der Waals surface area contributed by atoms with Gasteiger partial charge >= 0.3 is 0 Å². The van der Waals surface area contributed by atoms with E-state index in [0.717, 1.165) is 72.1 Å². The van der Waals surface area contributed by atoms with Crippen molar-refractivity contribution in [3.05, 3.63) is 199 Å². The number of hydrogen-bond acceptors (Lipinski definition) is 3. The van der Waals surface area contributed by atoms with Gasteiger partial charge in [0.2, 0.25) is 5.69 Å². The Labute approximate surface area is 338 Å². The van der Waals surface area contributed by atoms with Crippen LogP contribution in [0.3, 0.4) is 0 Å². The van der Waals surface area contributed by atoms with E-state index in [2.05, 4.69) is 129 Å². The second-order valence-electron chi connectivity index (χ2n) is 14.8. The molecular weight excluding hydrogens is 723 g/mol. The Morgan fingerprint density at radius 3 is 1.58 bits per heavy atom. The molecule has 0 N–H and O–H groups in total. The number of nitrogens with zero attached hydrogens (tertiary/aromatic N) is 5. The molecule has 12 rings (SSSR count). The minimum absolute atomic E-state index is 0.420. The number of fused-ring (bicyclic) bond motifs is 10. The van der Waals surface area contributed by atoms with Crippen LogP contribution in [0.25, 0.3) is 116 Å². The number of benzene rings is 8. The minimum Gasteiger partial charge on any atom is -0.456 e. The summed E-state index contributed by atoms with van der Waals surface area (Å²) < 4.78 is 11.4. The zero-order chi connectivity index (χ0) is 39.0. The van der Waals surface area contributed by atoms with Gasteiger partial charge in [-0.25, -0.2) is 14.8 Å². The summed E-state index contributed by atoms with van der Waals surface area (Å²) in [5, 5.41) is 6.64. The maximum atomic E-state index is 8.29. The maximum Gasteiger partial charge on any atom is 0.238 e. The van der Waals surface area contributed by atoms with Crippen molar-refractivity contribution in [2.75, 3.05) is 0 Å². The second kappa shape index (κ2) is 12.9. The average Bonchev–Trinajstić information content (AvgIpc) is 3.97. The van der Waals surface area contributed by atoms with Gasteiger partial charge in [0.25, 0.3) is 0 Å². The van der Waals surface area contributed by atoms with E-state index in [-0.39, 0.29) is 0 Å². The second-order valence-corrected chi connectivity index (χ2v) is 14.8. The lowest BCUT2D eigenvalue weighted by molar-refractivity contribution is 0.669. The lowest BCUT2D eigenvalue weighted by Gasteiger charge is -2.13. The van der Waals surface area contributed by atoms with Crippen molar-refractivity contribution in [2.45, 2.75) is 0 Å². The largest absolute Gasteiger partial charge is 0.456 e. The lowest BCUT2D eigenvalue weighted by atomic mass is 10.0. The van der Waals surface area contributed by atoms with Gasteiger partial charge in [0, 0.05) is 49.3 Å². The summed E-state index contributed by atoms with van der Waals surface area (Å²) in [6, 6.07) is 64.9. The third-order valence-electron chi connectivity index (χ3n) is 11.6. The summed E-state index contributed by atoms with van der Waals surface area (Å²) in [6.07, 6.45) is 0. The van der Waals surface area contributed by atoms with Crippen molar-refractivity contribution < 1.29 is 4.42 Å². The Kier molecular flexibility index (Phi) is 7.19. The van der Waals surface area contributed by atoms with Gasteiger partial charge in [0.05, 0.1) is 40.0 Å². The maximum absolute atomic E-state index is 8.29. The Balaban J connectivity index is 1.17. The van der Waals surface area contributed by atoms with E-state index in [1.165, 1.54) is 21.5 Å². The molecule has 0 spiro atoms. The summed E-state index contributed by atoms with van der Waals surface area (Å²) in [4.78, 5) is 14.4. The summed E-state index contributed by atoms with van der Waals surface area (Å²) in [5.41, 5.74) is 12.3. The molecule has 8 aromatic carbocycles. The highest BCUT2D eigenvalue weighted by Gasteiger charge is 2.24. The van der Waals surface area contributed by atoms with Crippen LogP contribution in [-0.2, 0) is 0 Å². The normalized spacial score (nSPS) is 11.7. The van der Waals surface area contributed by atoms with Crippen LogP contribution >= 0.6 is 0 Å². The van der Waals surface area contributed by atoms with Gasteiger partial charge in [-0.2, -0.15) is 0 Å². The van der Waals surface area contributed by atoms with Gasteiger partial charge in [0.15, 0.2) is 5.82 Å². The van der Waals surface area contributed by atoms with Crippen LogP contribution in [-0.4, -0.2) is 19.1 Å². The summed E-state index contributed by atoms with van der Waals surface area (Å²) in [5.74, 6) is 0.528. The van der Waals surface area contributed by atoms with Crippen LogP contribution < -0.4 is 0 Å². The predicted molar refractivity (Wildman–Crippen MR) is 241 cm³/mol. The number of furan rings is 1. The molecule has 0 aliphatic rings. The summed E-state index contributed by atoms with van der Waals surface area (Å²) in [7, 11) is 0. The number of aromatic nitrogens is 4. The number of hydrogen-bond donors (Lipinski definition) is 0. The van der Waals surface area contributed by atoms with E-state index in [1.54, 1.807) is 0 Å². The fourth-order valence-corrected chi connectivity index (χ4v) is 9.03. The molecule has 4 aromatic heterocycles. The van der Waals surface area contributed by atoms with Crippen molar-refractivity contribution in [2.24, 2.45) is 0 Å². The van der Waals surface area contributed by atoms with E-state index < -0.39 is 0 Å². The molecule has 0 aliphatic carbocycles. The minimum atomic E-state index is 0.420. The Bertz CT molecular complexity index is 3610. The van der Waals surface area contributed by atoms with Crippen LogP contribution in [0.4, 0.5) is 5.69 Å². The van der Waals surface area contributed by atoms with Crippen LogP contribution in [0.5, 0.6) is 0 Å². The van der Waals surface area contributed by atoms with E-state index in [9.17, 15) is 0 Å². The van der Waals surface area contributed by atoms with Gasteiger partial charge in [-0.15, -0.1) is 0 Å². The zero-order valence-corrected chi connectivity index (χ0v) is 31.5. The average molecular weight is 754 g/mol. The summed E-state index contributed by atoms with van der Waals surface area (Å²) >= 11 is 0. The van der Waals surface area contributed by atoms with Crippen LogP contribution in [0.1, 0.15) is 0 Å². The monoisotopic (exact) mass is 753 g/mol. The SMILES string of the molecule is [C-]#[N+]c1c(-c2ccccc2)nc(-c2cccc3oc4ccc(-n5c6ccccc6c6ccc7c8ccccc8n(-c8ccccc8)c7c65)cc4c23)nc1-c1ccccc1. The van der Waals surface area contributed by atoms with Crippen LogP contribution in [0.15, 0.2) is 192 Å². The van der Waals surface area contributed by atoms with Crippen LogP contribution in [0.2, 0.25) is 0 Å². The number of para-hydroxylation sites is 3. The highest BCUT2D eigenvalue weighted by Crippen LogP contribution is 2.45. The van der Waals surface area contributed by atoms with Crippen LogP contribution in [0, 0.1) is 6.57 Å². The van der Waals surface area contributed by atoms with E-state index in [1.807, 2.05) is 72.8 Å². The van der Waals surface area contributed by atoms with Gasteiger partial charge in [-0.05, 0) is 59.7 Å². The Hall–Kier alpha value is -8.27. The third-order valence-corrected chi connectivity index (χ3v) is 11.6. The molecule has 0 aliphatic heterocycles. The van der Waals surface area contributed by atoms with Gasteiger partial charge in [-0.1, -0.05) is 140 Å². The van der Waals surface area contributed by atoms with E-state index >= 15 is 0 Å². The fourth-order valence-electron chi connectivity index (χ4n) is 9.03. The molecule has 274 valence electrons. The molecule has 0 fully saturated rings. The topological polar surface area (TPSA) is 53.1 Å².